The van der Waals surface area contributed by atoms with Gasteiger partial charge in [-0.15, -0.1) is 0 Å². The van der Waals surface area contributed by atoms with Gasteiger partial charge in [-0.2, -0.15) is 0 Å². The van der Waals surface area contributed by atoms with Crippen LogP contribution in [-0.2, 0) is 11.2 Å². The lowest BCUT2D eigenvalue weighted by Crippen LogP contribution is -2.37. The second-order valence-corrected chi connectivity index (χ2v) is 6.27. The van der Waals surface area contributed by atoms with Gasteiger partial charge in [-0.25, -0.2) is 4.39 Å². The van der Waals surface area contributed by atoms with Gasteiger partial charge in [-0.3, -0.25) is 9.69 Å². The number of amides is 1. The number of likely N-dealkylation sites (tertiary alicyclic amines) is 1. The molecule has 4 heteroatoms. The van der Waals surface area contributed by atoms with Gasteiger partial charge < -0.3 is 5.32 Å². The highest BCUT2D eigenvalue weighted by Gasteiger charge is 2.27. The third-order valence-electron chi connectivity index (χ3n) is 4.54. The zero-order valence-electron chi connectivity index (χ0n) is 13.7. The molecular formula is C20H23FN2O. The predicted molar refractivity (Wildman–Crippen MR) is 93.1 cm³/mol. The predicted octanol–water partition coefficient (Wildman–Crippen LogP) is 3.32. The molecule has 1 fully saturated rings. The topological polar surface area (TPSA) is 32.3 Å². The van der Waals surface area contributed by atoms with E-state index in [4.69, 9.17) is 0 Å². The number of hydrogen-bond donors (Lipinski definition) is 1. The third-order valence-corrected chi connectivity index (χ3v) is 4.54. The van der Waals surface area contributed by atoms with E-state index < -0.39 is 0 Å². The molecule has 1 saturated heterocycles. The Balaban J connectivity index is 1.49. The van der Waals surface area contributed by atoms with Crippen molar-refractivity contribution in [3.05, 3.63) is 71.5 Å². The zero-order chi connectivity index (χ0) is 16.8. The smallest absolute Gasteiger partial charge is 0.234 e. The van der Waals surface area contributed by atoms with Crippen LogP contribution in [0.2, 0.25) is 0 Å². The first-order chi connectivity index (χ1) is 11.7. The van der Waals surface area contributed by atoms with E-state index in [0.717, 1.165) is 31.4 Å². The van der Waals surface area contributed by atoms with Crippen molar-refractivity contribution in [3.8, 4) is 0 Å². The van der Waals surface area contributed by atoms with Crippen molar-refractivity contribution >= 4 is 5.91 Å². The molecule has 1 heterocycles. The summed E-state index contributed by atoms with van der Waals surface area (Å²) in [6, 6.07) is 17.0. The molecular weight excluding hydrogens is 303 g/mol. The summed E-state index contributed by atoms with van der Waals surface area (Å²) in [6.45, 7) is 1.96. The summed E-state index contributed by atoms with van der Waals surface area (Å²) in [7, 11) is 0. The molecule has 24 heavy (non-hydrogen) atoms. The Morgan fingerprint density at radius 3 is 2.62 bits per heavy atom. The van der Waals surface area contributed by atoms with Gasteiger partial charge in [0.05, 0.1) is 6.54 Å². The van der Waals surface area contributed by atoms with E-state index in [0.29, 0.717) is 13.1 Å². The maximum absolute atomic E-state index is 13.1. The summed E-state index contributed by atoms with van der Waals surface area (Å²) >= 11 is 0. The minimum atomic E-state index is -0.220. The van der Waals surface area contributed by atoms with Gasteiger partial charge in [-0.05, 0) is 49.1 Å². The highest BCUT2D eigenvalue weighted by molar-refractivity contribution is 5.78. The summed E-state index contributed by atoms with van der Waals surface area (Å²) in [5.41, 5.74) is 2.31. The second-order valence-electron chi connectivity index (χ2n) is 6.27. The molecule has 0 bridgehead atoms. The summed E-state index contributed by atoms with van der Waals surface area (Å²) in [5.74, 6) is -0.165. The molecule has 3 nitrogen and oxygen atoms in total. The van der Waals surface area contributed by atoms with Gasteiger partial charge >= 0.3 is 0 Å². The van der Waals surface area contributed by atoms with Crippen LogP contribution >= 0.6 is 0 Å². The third kappa shape index (κ3) is 4.42. The van der Waals surface area contributed by atoms with Crippen LogP contribution in [-0.4, -0.2) is 30.4 Å². The van der Waals surface area contributed by atoms with E-state index in [2.05, 4.69) is 22.3 Å². The van der Waals surface area contributed by atoms with Crippen LogP contribution in [0.3, 0.4) is 0 Å². The molecule has 1 N–H and O–H groups in total. The van der Waals surface area contributed by atoms with Crippen molar-refractivity contribution in [2.24, 2.45) is 0 Å². The van der Waals surface area contributed by atoms with Gasteiger partial charge in [0, 0.05) is 12.6 Å². The summed E-state index contributed by atoms with van der Waals surface area (Å²) < 4.78 is 13.1. The number of hydrogen-bond acceptors (Lipinski definition) is 2. The Kier molecular flexibility index (Phi) is 5.59. The molecule has 1 amide bonds. The number of nitrogens with zero attached hydrogens (tertiary/aromatic N) is 1. The maximum atomic E-state index is 13.1. The van der Waals surface area contributed by atoms with Gasteiger partial charge in [-0.1, -0.05) is 42.5 Å². The first-order valence-corrected chi connectivity index (χ1v) is 8.52. The largest absolute Gasteiger partial charge is 0.355 e. The molecule has 1 atom stereocenters. The van der Waals surface area contributed by atoms with Crippen molar-refractivity contribution in [2.45, 2.75) is 25.3 Å². The van der Waals surface area contributed by atoms with Crippen molar-refractivity contribution in [1.29, 1.82) is 0 Å². The van der Waals surface area contributed by atoms with Crippen LogP contribution in [0, 0.1) is 5.82 Å². The van der Waals surface area contributed by atoms with E-state index in [-0.39, 0.29) is 17.8 Å². The minimum absolute atomic E-state index is 0.0555. The fourth-order valence-corrected chi connectivity index (χ4v) is 3.31. The van der Waals surface area contributed by atoms with Gasteiger partial charge in [0.2, 0.25) is 5.91 Å². The lowest BCUT2D eigenvalue weighted by atomic mass is 10.0. The van der Waals surface area contributed by atoms with Crippen LogP contribution in [0.4, 0.5) is 4.39 Å². The Labute approximate surface area is 142 Å². The van der Waals surface area contributed by atoms with E-state index in [9.17, 15) is 9.18 Å². The van der Waals surface area contributed by atoms with E-state index in [1.54, 1.807) is 0 Å². The molecule has 3 rings (SSSR count). The Morgan fingerprint density at radius 1 is 1.12 bits per heavy atom. The average Bonchev–Trinajstić information content (AvgIpc) is 3.04. The quantitative estimate of drug-likeness (QED) is 0.883. The number of nitrogens with one attached hydrogen (secondary N) is 1. The number of carbonyl (C=O) groups excluding carboxylic acids is 1. The Bertz CT molecular complexity index is 657. The minimum Gasteiger partial charge on any atom is -0.355 e. The fourth-order valence-electron chi connectivity index (χ4n) is 3.31. The number of benzene rings is 2. The van der Waals surface area contributed by atoms with Gasteiger partial charge in [0.25, 0.3) is 0 Å². The highest BCUT2D eigenvalue weighted by atomic mass is 19.1. The molecule has 2 aromatic rings. The molecule has 126 valence electrons. The highest BCUT2D eigenvalue weighted by Crippen LogP contribution is 2.31. The number of carbonyl (C=O) groups is 1. The molecule has 1 aliphatic heterocycles. The van der Waals surface area contributed by atoms with Gasteiger partial charge in [0.1, 0.15) is 5.82 Å². The maximum Gasteiger partial charge on any atom is 0.234 e. The molecule has 0 spiro atoms. The molecule has 0 aromatic heterocycles. The zero-order valence-corrected chi connectivity index (χ0v) is 13.7. The summed E-state index contributed by atoms with van der Waals surface area (Å²) in [4.78, 5) is 14.4. The van der Waals surface area contributed by atoms with E-state index >= 15 is 0 Å². The number of halogens is 1. The Morgan fingerprint density at radius 2 is 1.88 bits per heavy atom. The second kappa shape index (κ2) is 8.06. The molecule has 1 unspecified atom stereocenters. The van der Waals surface area contributed by atoms with E-state index in [1.807, 2.05) is 30.3 Å². The molecule has 0 aliphatic carbocycles. The van der Waals surface area contributed by atoms with Crippen molar-refractivity contribution in [3.63, 3.8) is 0 Å². The lowest BCUT2D eigenvalue weighted by Gasteiger charge is -2.24. The Hall–Kier alpha value is -2.20. The van der Waals surface area contributed by atoms with Crippen LogP contribution in [0.15, 0.2) is 54.6 Å². The first-order valence-electron chi connectivity index (χ1n) is 8.52. The van der Waals surface area contributed by atoms with E-state index in [1.165, 1.54) is 17.7 Å². The monoisotopic (exact) mass is 326 g/mol. The first kappa shape index (κ1) is 16.7. The average molecular weight is 326 g/mol. The molecule has 0 saturated carbocycles. The van der Waals surface area contributed by atoms with Crippen molar-refractivity contribution < 1.29 is 9.18 Å². The summed E-state index contributed by atoms with van der Waals surface area (Å²) in [6.07, 6.45) is 2.93. The van der Waals surface area contributed by atoms with Gasteiger partial charge in [0.15, 0.2) is 0 Å². The van der Waals surface area contributed by atoms with Crippen LogP contribution < -0.4 is 5.32 Å². The summed E-state index contributed by atoms with van der Waals surface area (Å²) in [5, 5.41) is 3.00. The van der Waals surface area contributed by atoms with Crippen LogP contribution in [0.25, 0.3) is 0 Å². The molecule has 1 aliphatic rings. The normalized spacial score (nSPS) is 17.8. The fraction of sp³-hybridized carbons (Fsp3) is 0.350. The van der Waals surface area contributed by atoms with Crippen molar-refractivity contribution in [2.75, 3.05) is 19.6 Å². The number of rotatable bonds is 6. The van der Waals surface area contributed by atoms with Crippen molar-refractivity contribution in [1.82, 2.24) is 10.2 Å². The standard InChI is InChI=1S/C20H23FN2O/c21-18-10-8-17(9-11-18)19-7-4-14-23(19)15-20(24)22-13-12-16-5-2-1-3-6-16/h1-3,5-6,8-11,19H,4,7,12-15H2,(H,22,24). The SMILES string of the molecule is O=C(CN1CCCC1c1ccc(F)cc1)NCCc1ccccc1. The van der Waals surface area contributed by atoms with Crippen LogP contribution in [0.1, 0.15) is 30.0 Å². The lowest BCUT2D eigenvalue weighted by molar-refractivity contribution is -0.122. The van der Waals surface area contributed by atoms with Crippen LogP contribution in [0.5, 0.6) is 0 Å². The molecule has 2 aromatic carbocycles. The molecule has 0 radical (unpaired) electrons.